The number of hydrogen-bond donors (Lipinski definition) is 0. The van der Waals surface area contributed by atoms with E-state index in [2.05, 4.69) is 106 Å². The fourth-order valence-corrected chi connectivity index (χ4v) is 5.14. The quantitative estimate of drug-likeness (QED) is 0.0904. The summed E-state index contributed by atoms with van der Waals surface area (Å²) in [6.07, 6.45) is 0. The van der Waals surface area contributed by atoms with Crippen LogP contribution in [0.25, 0.3) is 33.8 Å². The van der Waals surface area contributed by atoms with Gasteiger partial charge in [0.2, 0.25) is 0 Å². The summed E-state index contributed by atoms with van der Waals surface area (Å²) in [6.45, 7) is 6.29. The molecule has 0 saturated carbocycles. The van der Waals surface area contributed by atoms with Crippen molar-refractivity contribution in [2.45, 2.75) is 19.6 Å². The predicted octanol–water partition coefficient (Wildman–Crippen LogP) is 4.60. The molecule has 0 aliphatic rings. The zero-order valence-electron chi connectivity index (χ0n) is 34.6. The topological polar surface area (TPSA) is 101 Å². The molecule has 6 aromatic rings. The van der Waals surface area contributed by atoms with Gasteiger partial charge in [-0.15, -0.1) is 34.2 Å². The molecule has 0 unspecified atom stereocenters. The Labute approximate surface area is 372 Å². The first-order chi connectivity index (χ1) is 27.0. The Balaban J connectivity index is 0.000000682. The molecule has 0 spiro atoms. The van der Waals surface area contributed by atoms with Gasteiger partial charge >= 0.3 is 46.6 Å². The van der Waals surface area contributed by atoms with Gasteiger partial charge in [0.25, 0.3) is 0 Å². The van der Waals surface area contributed by atoms with Gasteiger partial charge in [0.05, 0.1) is 39.6 Å². The average Bonchev–Trinajstić information content (AvgIpc) is 4.03. The predicted molar refractivity (Wildman–Crippen MR) is 220 cm³/mol. The maximum absolute atomic E-state index is 4.93. The van der Waals surface area contributed by atoms with E-state index in [1.54, 1.807) is 42.7 Å². The number of benzene rings is 3. The van der Waals surface area contributed by atoms with Crippen molar-refractivity contribution in [3.63, 3.8) is 0 Å². The van der Waals surface area contributed by atoms with Crippen LogP contribution < -0.4 is 44.5 Å². The molecule has 6 rings (SSSR count). The molecule has 0 amide bonds. The third kappa shape index (κ3) is 20.8. The maximum Gasteiger partial charge on any atom is 3.00 e. The van der Waals surface area contributed by atoms with Crippen molar-refractivity contribution in [2.24, 2.45) is 0 Å². The fourth-order valence-electron chi connectivity index (χ4n) is 5.14. The molecule has 0 bridgehead atoms. The van der Waals surface area contributed by atoms with Crippen LogP contribution in [0.4, 0.5) is 0 Å². The van der Waals surface area contributed by atoms with Crippen LogP contribution in [0.1, 0.15) is 17.1 Å². The molecule has 0 fully saturated rings. The third-order valence-electron chi connectivity index (χ3n) is 7.93. The number of ether oxygens (including phenoxy) is 6. The molecule has 0 atom stereocenters. The molecule has 3 aromatic heterocycles. The molecule has 0 saturated heterocycles. The monoisotopic (exact) mass is 828 g/mol. The molecule has 1 radical (unpaired) electrons. The molecular formula is C45H57FeN4NaO6+. The number of hydrogen-bond acceptors (Lipinski definition) is 7. The number of aromatic nitrogens is 3. The Bertz CT molecular complexity index is 1570. The van der Waals surface area contributed by atoms with Crippen LogP contribution in [0, 0.1) is 0 Å². The summed E-state index contributed by atoms with van der Waals surface area (Å²) in [5.41, 5.74) is 9.56. The van der Waals surface area contributed by atoms with Gasteiger partial charge in [-0.2, -0.15) is 0 Å². The minimum absolute atomic E-state index is 0. The minimum atomic E-state index is 0. The second-order valence-electron chi connectivity index (χ2n) is 12.2. The van der Waals surface area contributed by atoms with Gasteiger partial charge in [0.15, 0.2) is 0 Å². The van der Waals surface area contributed by atoms with Crippen molar-refractivity contribution in [2.75, 3.05) is 82.3 Å². The summed E-state index contributed by atoms with van der Waals surface area (Å²) in [6, 6.07) is 43.6. The van der Waals surface area contributed by atoms with Crippen LogP contribution in [0.2, 0.25) is 0 Å². The van der Waals surface area contributed by atoms with Crippen LogP contribution in [0.5, 0.6) is 0 Å². The summed E-state index contributed by atoms with van der Waals surface area (Å²) in [5.74, 6) is 0. The molecule has 3 heterocycles. The van der Waals surface area contributed by atoms with E-state index >= 15 is 0 Å². The summed E-state index contributed by atoms with van der Waals surface area (Å²) < 4.78 is 27.9. The Kier molecular flexibility index (Phi) is 29.7. The van der Waals surface area contributed by atoms with Crippen LogP contribution in [-0.2, 0) is 65.1 Å². The van der Waals surface area contributed by atoms with E-state index < -0.39 is 0 Å². The molecular weight excluding hydrogens is 771 g/mol. The van der Waals surface area contributed by atoms with Crippen LogP contribution in [0.15, 0.2) is 127 Å². The molecule has 3 aromatic carbocycles. The normalized spacial score (nSPS) is 10.2. The van der Waals surface area contributed by atoms with Gasteiger partial charge in [0.1, 0.15) is 0 Å². The van der Waals surface area contributed by atoms with Crippen LogP contribution >= 0.6 is 0 Å². The Morgan fingerprint density at radius 2 is 0.579 bits per heavy atom. The summed E-state index contributed by atoms with van der Waals surface area (Å²) >= 11 is 0. The van der Waals surface area contributed by atoms with E-state index in [0.29, 0.717) is 59.3 Å². The third-order valence-corrected chi connectivity index (χ3v) is 7.93. The number of methoxy groups -OCH3 is 6. The van der Waals surface area contributed by atoms with E-state index in [9.17, 15) is 0 Å². The first-order valence-electron chi connectivity index (χ1n) is 18.2. The molecule has 0 N–H and O–H groups in total. The Morgan fingerprint density at radius 1 is 0.351 bits per heavy atom. The molecule has 57 heavy (non-hydrogen) atoms. The minimum Gasteiger partial charge on any atom is -0.660 e. The number of nitrogens with zero attached hydrogens (tertiary/aromatic N) is 4. The second kappa shape index (κ2) is 32.7. The van der Waals surface area contributed by atoms with Gasteiger partial charge < -0.3 is 43.4 Å². The summed E-state index contributed by atoms with van der Waals surface area (Å²) in [5, 5.41) is 0. The average molecular weight is 829 g/mol. The smallest absolute Gasteiger partial charge is 0.660 e. The van der Waals surface area contributed by atoms with Crippen LogP contribution in [-0.4, -0.2) is 87.2 Å². The van der Waals surface area contributed by atoms with E-state index in [4.69, 9.17) is 15.0 Å². The molecule has 0 aliphatic heterocycles. The van der Waals surface area contributed by atoms with Crippen molar-refractivity contribution in [3.8, 4) is 33.8 Å². The van der Waals surface area contributed by atoms with Crippen molar-refractivity contribution in [1.82, 2.24) is 19.9 Å². The molecule has 301 valence electrons. The standard InChI is InChI=1S/C33H27N4.3C4H10O2.Fe.Na/c1-4-10-25(11-5-1)31-19-16-28(34-31)22-37(23-29-17-20-32(35-29)26-12-6-2-7-13-26)24-30-18-21-33(36-30)27-14-8-3-9-15-27;3*1-5-3-4-6-2;;/h1-21H,22-24H2;3*3-4H2,1-2H3;;/q-3;;;;+3;+1. The van der Waals surface area contributed by atoms with Gasteiger partial charge in [-0.1, -0.05) is 127 Å². The first-order valence-corrected chi connectivity index (χ1v) is 18.2. The Morgan fingerprint density at radius 3 is 0.789 bits per heavy atom. The summed E-state index contributed by atoms with van der Waals surface area (Å²) in [7, 11) is 9.91. The van der Waals surface area contributed by atoms with E-state index in [1.165, 1.54) is 0 Å². The van der Waals surface area contributed by atoms with Crippen molar-refractivity contribution in [1.29, 1.82) is 0 Å². The number of rotatable bonds is 18. The fraction of sp³-hybridized carbons (Fsp3) is 0.333. The zero-order chi connectivity index (χ0) is 39.4. The van der Waals surface area contributed by atoms with Gasteiger partial charge in [0, 0.05) is 62.3 Å². The van der Waals surface area contributed by atoms with Gasteiger partial charge in [-0.3, -0.25) is 4.90 Å². The first kappa shape index (κ1) is 51.8. The second-order valence-corrected chi connectivity index (χ2v) is 12.2. The van der Waals surface area contributed by atoms with Crippen molar-refractivity contribution in [3.05, 3.63) is 144 Å². The summed E-state index contributed by atoms with van der Waals surface area (Å²) in [4.78, 5) is 17.1. The van der Waals surface area contributed by atoms with Gasteiger partial charge in [-0.05, 0) is 16.7 Å². The maximum atomic E-state index is 4.93. The van der Waals surface area contributed by atoms with Gasteiger partial charge in [-0.25, -0.2) is 0 Å². The molecule has 10 nitrogen and oxygen atoms in total. The largest absolute Gasteiger partial charge is 3.00 e. The Hall–Kier alpha value is -3.26. The SMILES string of the molecule is COCCOC.COCCOC.COCCOC.[Fe+3].[Na+].c1ccc(-c2ccc(CN(Cc3ccc(-c4ccccc4)[n-]3)Cc3ccc(-c4ccccc4)[n-]3)[n-]2)cc1. The van der Waals surface area contributed by atoms with Crippen LogP contribution in [0.3, 0.4) is 0 Å². The zero-order valence-corrected chi connectivity index (χ0v) is 37.7. The molecule has 12 heteroatoms. The van der Waals surface area contributed by atoms with E-state index in [0.717, 1.165) is 50.9 Å². The van der Waals surface area contributed by atoms with Crippen molar-refractivity contribution >= 4 is 0 Å². The molecule has 0 aliphatic carbocycles. The van der Waals surface area contributed by atoms with E-state index in [1.807, 2.05) is 54.6 Å². The van der Waals surface area contributed by atoms with E-state index in [-0.39, 0.29) is 46.6 Å². The van der Waals surface area contributed by atoms with Crippen molar-refractivity contribution < 1.29 is 75.0 Å².